The summed E-state index contributed by atoms with van der Waals surface area (Å²) in [5.74, 6) is 0.319. The fraction of sp³-hybridized carbons (Fsp3) is 0.258. The third kappa shape index (κ3) is 6.70. The van der Waals surface area contributed by atoms with Crippen LogP contribution in [0.5, 0.6) is 5.75 Å². The summed E-state index contributed by atoms with van der Waals surface area (Å²) in [7, 11) is 0. The van der Waals surface area contributed by atoms with Crippen molar-refractivity contribution in [3.63, 3.8) is 0 Å². The zero-order valence-corrected chi connectivity index (χ0v) is 22.9. The summed E-state index contributed by atoms with van der Waals surface area (Å²) in [6.07, 6.45) is 5.22. The molecule has 1 saturated heterocycles. The first-order chi connectivity index (χ1) is 19.0. The van der Waals surface area contributed by atoms with Gasteiger partial charge in [-0.1, -0.05) is 65.7 Å². The maximum absolute atomic E-state index is 12.0. The lowest BCUT2D eigenvalue weighted by atomic mass is 10.0. The Balaban J connectivity index is 1.31. The summed E-state index contributed by atoms with van der Waals surface area (Å²) in [6, 6.07) is 23.6. The molecule has 4 aromatic rings. The van der Waals surface area contributed by atoms with Crippen molar-refractivity contribution in [3.8, 4) is 5.75 Å². The van der Waals surface area contributed by atoms with E-state index in [2.05, 4.69) is 9.88 Å². The largest absolute Gasteiger partial charge is 0.493 e. The molecule has 2 heterocycles. The molecular weight excluding hydrogens is 533 g/mol. The van der Waals surface area contributed by atoms with Crippen molar-refractivity contribution in [2.75, 3.05) is 18.1 Å². The number of para-hydroxylation sites is 1. The van der Waals surface area contributed by atoms with E-state index in [-0.39, 0.29) is 11.6 Å². The molecule has 3 aromatic carbocycles. The Bertz CT molecular complexity index is 1430. The van der Waals surface area contributed by atoms with Crippen molar-refractivity contribution in [3.05, 3.63) is 117 Å². The minimum atomic E-state index is -1.03. The van der Waals surface area contributed by atoms with Crippen LogP contribution in [-0.4, -0.2) is 34.2 Å². The van der Waals surface area contributed by atoms with E-state index in [4.69, 9.17) is 32.9 Å². The molecule has 6 nitrogen and oxygen atoms in total. The summed E-state index contributed by atoms with van der Waals surface area (Å²) >= 11 is 12.1. The molecule has 5 rings (SSSR count). The van der Waals surface area contributed by atoms with E-state index in [1.807, 2.05) is 72.8 Å². The lowest BCUT2D eigenvalue weighted by Crippen LogP contribution is -2.25. The molecule has 0 radical (unpaired) electrons. The zero-order chi connectivity index (χ0) is 27.2. The topological polar surface area (TPSA) is 75.5 Å². The van der Waals surface area contributed by atoms with Crippen molar-refractivity contribution >= 4 is 35.1 Å². The van der Waals surface area contributed by atoms with Gasteiger partial charge in [-0.15, -0.1) is 0 Å². The van der Waals surface area contributed by atoms with Crippen molar-refractivity contribution < 1.29 is 14.6 Å². The summed E-state index contributed by atoms with van der Waals surface area (Å²) in [5, 5.41) is 11.2. The molecule has 0 bridgehead atoms. The lowest BCUT2D eigenvalue weighted by molar-refractivity contribution is 0.0694. The van der Waals surface area contributed by atoms with Crippen molar-refractivity contribution in [2.45, 2.75) is 38.1 Å². The first-order valence-electron chi connectivity index (χ1n) is 13.0. The molecule has 1 fully saturated rings. The number of benzene rings is 3. The van der Waals surface area contributed by atoms with Gasteiger partial charge in [0.05, 0.1) is 23.9 Å². The predicted molar refractivity (Wildman–Crippen MR) is 154 cm³/mol. The molecule has 0 unspecified atom stereocenters. The van der Waals surface area contributed by atoms with E-state index in [0.717, 1.165) is 48.2 Å². The molecule has 0 saturated carbocycles. The van der Waals surface area contributed by atoms with Gasteiger partial charge in [0.25, 0.3) is 0 Å². The van der Waals surface area contributed by atoms with E-state index in [9.17, 15) is 9.90 Å². The van der Waals surface area contributed by atoms with Crippen LogP contribution in [0, 0.1) is 0 Å². The number of carbonyl (C=O) groups is 1. The highest BCUT2D eigenvalue weighted by atomic mass is 35.5. The van der Waals surface area contributed by atoms with Crippen LogP contribution < -0.4 is 9.64 Å². The molecule has 1 N–H and O–H groups in total. The maximum Gasteiger partial charge on any atom is 0.339 e. The van der Waals surface area contributed by atoms with E-state index >= 15 is 0 Å². The van der Waals surface area contributed by atoms with Gasteiger partial charge < -0.3 is 14.7 Å². The van der Waals surface area contributed by atoms with Gasteiger partial charge >= 0.3 is 5.97 Å². The minimum Gasteiger partial charge on any atom is -0.493 e. The van der Waals surface area contributed by atoms with Gasteiger partial charge in [0.2, 0.25) is 5.95 Å². The number of ether oxygens (including phenoxy) is 1. The summed E-state index contributed by atoms with van der Waals surface area (Å²) < 4.78 is 6.11. The van der Waals surface area contributed by atoms with E-state index in [0.29, 0.717) is 41.1 Å². The summed E-state index contributed by atoms with van der Waals surface area (Å²) in [5.41, 5.74) is 3.95. The van der Waals surface area contributed by atoms with Crippen LogP contribution in [0.4, 0.5) is 5.95 Å². The van der Waals surface area contributed by atoms with E-state index in [1.165, 1.54) is 6.20 Å². The fourth-order valence-electron chi connectivity index (χ4n) is 4.99. The SMILES string of the molecule is O=C(O)c1cnc(N2CCC[C@@H]2c2ccc(Cl)cc2)nc1CCc1ccccc1OCCc1ccc(Cl)cc1. The van der Waals surface area contributed by atoms with E-state index in [1.54, 1.807) is 0 Å². The summed E-state index contributed by atoms with van der Waals surface area (Å²) in [6.45, 7) is 1.33. The van der Waals surface area contributed by atoms with Crippen LogP contribution in [0.15, 0.2) is 79.0 Å². The molecule has 1 aliphatic heterocycles. The molecule has 0 aliphatic carbocycles. The van der Waals surface area contributed by atoms with Crippen LogP contribution in [0.3, 0.4) is 0 Å². The molecule has 200 valence electrons. The van der Waals surface area contributed by atoms with Crippen LogP contribution in [0.25, 0.3) is 0 Å². The van der Waals surface area contributed by atoms with Gasteiger partial charge in [0.1, 0.15) is 5.75 Å². The second-order valence-corrected chi connectivity index (χ2v) is 10.4. The number of anilines is 1. The number of carboxylic acid groups (broad SMARTS) is 1. The smallest absolute Gasteiger partial charge is 0.339 e. The van der Waals surface area contributed by atoms with Crippen LogP contribution in [-0.2, 0) is 19.3 Å². The monoisotopic (exact) mass is 561 g/mol. The van der Waals surface area contributed by atoms with E-state index < -0.39 is 5.97 Å². The fourth-order valence-corrected chi connectivity index (χ4v) is 5.24. The van der Waals surface area contributed by atoms with Gasteiger partial charge in [-0.25, -0.2) is 14.8 Å². The second-order valence-electron chi connectivity index (χ2n) is 9.57. The molecule has 0 amide bonds. The van der Waals surface area contributed by atoms with Gasteiger partial charge in [-0.2, -0.15) is 0 Å². The number of hydrogen-bond donors (Lipinski definition) is 1. The third-order valence-corrected chi connectivity index (χ3v) is 7.52. The Kier molecular flexibility index (Phi) is 8.64. The van der Waals surface area contributed by atoms with Crippen molar-refractivity contribution in [2.24, 2.45) is 0 Å². The molecule has 1 aromatic heterocycles. The molecule has 1 atom stereocenters. The Morgan fingerprint density at radius 3 is 2.41 bits per heavy atom. The third-order valence-electron chi connectivity index (χ3n) is 7.02. The number of hydrogen-bond acceptors (Lipinski definition) is 5. The number of aromatic carboxylic acids is 1. The molecule has 0 spiro atoms. The average molecular weight is 562 g/mol. The van der Waals surface area contributed by atoms with Crippen LogP contribution >= 0.6 is 23.2 Å². The summed E-state index contributed by atoms with van der Waals surface area (Å²) in [4.78, 5) is 23.4. The number of carboxylic acids is 1. The average Bonchev–Trinajstić information content (AvgIpc) is 3.44. The first-order valence-corrected chi connectivity index (χ1v) is 13.8. The van der Waals surface area contributed by atoms with Gasteiger partial charge in [-0.05, 0) is 72.7 Å². The first kappa shape index (κ1) is 27.0. The number of halogens is 2. The van der Waals surface area contributed by atoms with Crippen molar-refractivity contribution in [1.29, 1.82) is 0 Å². The number of aromatic nitrogens is 2. The predicted octanol–water partition coefficient (Wildman–Crippen LogP) is 7.23. The Labute approximate surface area is 238 Å². The Morgan fingerprint density at radius 2 is 1.67 bits per heavy atom. The van der Waals surface area contributed by atoms with Crippen molar-refractivity contribution in [1.82, 2.24) is 9.97 Å². The zero-order valence-electron chi connectivity index (χ0n) is 21.4. The highest BCUT2D eigenvalue weighted by Crippen LogP contribution is 2.35. The molecule has 39 heavy (non-hydrogen) atoms. The maximum atomic E-state index is 12.0. The Morgan fingerprint density at radius 1 is 0.949 bits per heavy atom. The Hall–Kier alpha value is -3.61. The number of nitrogens with zero attached hydrogens (tertiary/aromatic N) is 3. The second kappa shape index (κ2) is 12.5. The van der Waals surface area contributed by atoms with Crippen LogP contribution in [0.1, 0.15) is 51.6 Å². The van der Waals surface area contributed by atoms with Crippen LogP contribution in [0.2, 0.25) is 10.0 Å². The molecular formula is C31H29Cl2N3O3. The molecule has 8 heteroatoms. The van der Waals surface area contributed by atoms with Gasteiger partial charge in [0, 0.05) is 29.2 Å². The van der Waals surface area contributed by atoms with Gasteiger partial charge in [-0.3, -0.25) is 0 Å². The van der Waals surface area contributed by atoms with Gasteiger partial charge in [0.15, 0.2) is 0 Å². The molecule has 1 aliphatic rings. The minimum absolute atomic E-state index is 0.126. The number of aryl methyl sites for hydroxylation is 2. The normalized spacial score (nSPS) is 14.9. The quantitative estimate of drug-likeness (QED) is 0.220. The lowest BCUT2D eigenvalue weighted by Gasteiger charge is -2.25. The number of rotatable bonds is 10. The highest BCUT2D eigenvalue weighted by Gasteiger charge is 2.29. The highest BCUT2D eigenvalue weighted by molar-refractivity contribution is 6.30. The standard InChI is InChI=1S/C31H29Cl2N3O3/c32-24-12-7-21(8-13-24)17-19-39-29-6-2-1-4-23(29)11-16-27-26(30(37)38)20-34-31(35-27)36-18-3-5-28(36)22-9-14-25(33)15-10-22/h1-2,4,6-10,12-15,20,28H,3,5,11,16-19H2,(H,37,38)/t28-/m1/s1.